The van der Waals surface area contributed by atoms with Gasteiger partial charge in [0.05, 0.1) is 17.0 Å². The second-order valence-electron chi connectivity index (χ2n) is 5.30. The normalized spacial score (nSPS) is 10.9. The van der Waals surface area contributed by atoms with Gasteiger partial charge in [-0.3, -0.25) is 0 Å². The van der Waals surface area contributed by atoms with Crippen molar-refractivity contribution in [2.45, 2.75) is 6.92 Å². The van der Waals surface area contributed by atoms with Crippen LogP contribution < -0.4 is 4.90 Å². The van der Waals surface area contributed by atoms with Crippen molar-refractivity contribution in [3.63, 3.8) is 0 Å². The first-order valence-electron chi connectivity index (χ1n) is 6.84. The molecule has 3 rings (SSSR count). The highest BCUT2D eigenvalue weighted by atomic mass is 16.4. The number of nitrogens with zero attached hydrogens (tertiary/aromatic N) is 4. The lowest BCUT2D eigenvalue weighted by atomic mass is 10.1. The highest BCUT2D eigenvalue weighted by Gasteiger charge is 2.14. The van der Waals surface area contributed by atoms with Crippen LogP contribution in [0.3, 0.4) is 0 Å². The van der Waals surface area contributed by atoms with Gasteiger partial charge in [-0.25, -0.2) is 14.3 Å². The molecule has 6 heteroatoms. The third-order valence-corrected chi connectivity index (χ3v) is 3.63. The van der Waals surface area contributed by atoms with Crippen LogP contribution in [0, 0.1) is 6.92 Å². The first-order valence-corrected chi connectivity index (χ1v) is 6.84. The summed E-state index contributed by atoms with van der Waals surface area (Å²) in [5.74, 6) is -1.00. The number of aromatic carboxylic acids is 1. The van der Waals surface area contributed by atoms with Gasteiger partial charge in [0.15, 0.2) is 5.65 Å². The zero-order chi connectivity index (χ0) is 15.9. The minimum Gasteiger partial charge on any atom is -0.478 e. The molecule has 3 aromatic rings. The predicted octanol–water partition coefficient (Wildman–Crippen LogP) is 2.47. The lowest BCUT2D eigenvalue weighted by Gasteiger charge is -2.12. The molecule has 1 N–H and O–H groups in total. The molecular weight excluding hydrogens is 280 g/mol. The first kappa shape index (κ1) is 14.1. The van der Waals surface area contributed by atoms with Crippen molar-refractivity contribution in [1.29, 1.82) is 0 Å². The number of rotatable bonds is 3. The molecule has 0 aliphatic rings. The van der Waals surface area contributed by atoms with Gasteiger partial charge in [-0.2, -0.15) is 5.10 Å². The number of fused-ring (bicyclic) bond motifs is 1. The average Bonchev–Trinajstić information content (AvgIpc) is 2.92. The van der Waals surface area contributed by atoms with Crippen LogP contribution in [-0.4, -0.2) is 39.8 Å². The van der Waals surface area contributed by atoms with Crippen LogP contribution in [0.5, 0.6) is 0 Å². The van der Waals surface area contributed by atoms with E-state index in [1.807, 2.05) is 49.3 Å². The Morgan fingerprint density at radius 3 is 2.50 bits per heavy atom. The maximum absolute atomic E-state index is 11.2. The molecule has 0 amide bonds. The summed E-state index contributed by atoms with van der Waals surface area (Å²) >= 11 is 0. The van der Waals surface area contributed by atoms with Gasteiger partial charge in [-0.05, 0) is 19.1 Å². The molecule has 0 saturated carbocycles. The highest BCUT2D eigenvalue weighted by Crippen LogP contribution is 2.23. The molecule has 6 nitrogen and oxygen atoms in total. The van der Waals surface area contributed by atoms with Crippen molar-refractivity contribution < 1.29 is 9.90 Å². The van der Waals surface area contributed by atoms with Gasteiger partial charge in [0.2, 0.25) is 0 Å². The Labute approximate surface area is 127 Å². The average molecular weight is 296 g/mol. The number of hydrogen-bond donors (Lipinski definition) is 1. The Morgan fingerprint density at radius 1 is 1.23 bits per heavy atom. The van der Waals surface area contributed by atoms with Crippen LogP contribution in [0.15, 0.2) is 36.5 Å². The summed E-state index contributed by atoms with van der Waals surface area (Å²) in [6.07, 6.45) is 1.37. The van der Waals surface area contributed by atoms with Crippen molar-refractivity contribution in [1.82, 2.24) is 14.6 Å². The van der Waals surface area contributed by atoms with E-state index in [0.29, 0.717) is 11.3 Å². The largest absolute Gasteiger partial charge is 0.478 e. The second kappa shape index (κ2) is 5.14. The second-order valence-corrected chi connectivity index (χ2v) is 5.30. The maximum Gasteiger partial charge on any atom is 0.339 e. The van der Waals surface area contributed by atoms with E-state index in [0.717, 1.165) is 16.9 Å². The summed E-state index contributed by atoms with van der Waals surface area (Å²) in [6.45, 7) is 1.73. The molecule has 1 aromatic carbocycles. The van der Waals surface area contributed by atoms with Gasteiger partial charge < -0.3 is 10.0 Å². The number of anilines is 1. The van der Waals surface area contributed by atoms with Gasteiger partial charge in [0.1, 0.15) is 0 Å². The lowest BCUT2D eigenvalue weighted by Crippen LogP contribution is -2.08. The van der Waals surface area contributed by atoms with E-state index in [1.165, 1.54) is 6.20 Å². The molecule has 2 aromatic heterocycles. The van der Waals surface area contributed by atoms with E-state index in [-0.39, 0.29) is 5.56 Å². The number of carbonyl (C=O) groups is 1. The molecule has 2 heterocycles. The van der Waals surface area contributed by atoms with Gasteiger partial charge in [0, 0.05) is 37.6 Å². The van der Waals surface area contributed by atoms with Crippen LogP contribution in [-0.2, 0) is 0 Å². The molecular formula is C16H16N4O2. The zero-order valence-corrected chi connectivity index (χ0v) is 12.6. The Hall–Kier alpha value is -2.89. The number of aryl methyl sites for hydroxylation is 1. The summed E-state index contributed by atoms with van der Waals surface area (Å²) in [5.41, 5.74) is 4.19. The summed E-state index contributed by atoms with van der Waals surface area (Å²) < 4.78 is 1.57. The molecule has 0 radical (unpaired) electrons. The molecule has 112 valence electrons. The summed E-state index contributed by atoms with van der Waals surface area (Å²) in [5, 5.41) is 13.6. The van der Waals surface area contributed by atoms with Crippen molar-refractivity contribution in [3.05, 3.63) is 47.8 Å². The van der Waals surface area contributed by atoms with Gasteiger partial charge in [0.25, 0.3) is 0 Å². The number of carboxylic acids is 1. The first-order chi connectivity index (χ1) is 10.5. The molecule has 0 bridgehead atoms. The number of carboxylic acid groups (broad SMARTS) is 1. The SMILES string of the molecule is Cc1c(C(=O)O)cnc2cc(-c3ccc(N(C)C)cc3)nn12. The molecule has 0 atom stereocenters. The molecule has 0 saturated heterocycles. The molecule has 0 spiro atoms. The fraction of sp³-hybridized carbons (Fsp3) is 0.188. The van der Waals surface area contributed by atoms with Crippen LogP contribution in [0.25, 0.3) is 16.9 Å². The summed E-state index contributed by atoms with van der Waals surface area (Å²) in [7, 11) is 3.97. The van der Waals surface area contributed by atoms with Gasteiger partial charge in [-0.1, -0.05) is 12.1 Å². The predicted molar refractivity (Wildman–Crippen MR) is 84.4 cm³/mol. The smallest absolute Gasteiger partial charge is 0.339 e. The van der Waals surface area contributed by atoms with Gasteiger partial charge in [-0.15, -0.1) is 0 Å². The monoisotopic (exact) mass is 296 g/mol. The molecule has 0 unspecified atom stereocenters. The Kier molecular flexibility index (Phi) is 3.29. The third-order valence-electron chi connectivity index (χ3n) is 3.63. The van der Waals surface area contributed by atoms with E-state index < -0.39 is 5.97 Å². The summed E-state index contributed by atoms with van der Waals surface area (Å²) in [6, 6.07) is 9.86. The molecule has 0 aliphatic heterocycles. The minimum atomic E-state index is -1.00. The molecule has 0 fully saturated rings. The lowest BCUT2D eigenvalue weighted by molar-refractivity contribution is 0.0695. The van der Waals surface area contributed by atoms with Crippen molar-refractivity contribution in [2.75, 3.05) is 19.0 Å². The quantitative estimate of drug-likeness (QED) is 0.804. The molecule has 22 heavy (non-hydrogen) atoms. The van der Waals surface area contributed by atoms with Crippen LogP contribution >= 0.6 is 0 Å². The highest BCUT2D eigenvalue weighted by molar-refractivity contribution is 5.88. The van der Waals surface area contributed by atoms with Gasteiger partial charge >= 0.3 is 5.97 Å². The fourth-order valence-electron chi connectivity index (χ4n) is 2.33. The van der Waals surface area contributed by atoms with Crippen LogP contribution in [0.4, 0.5) is 5.69 Å². The van der Waals surface area contributed by atoms with E-state index in [4.69, 9.17) is 5.11 Å². The maximum atomic E-state index is 11.2. The van der Waals surface area contributed by atoms with Crippen LogP contribution in [0.1, 0.15) is 16.1 Å². The standard InChI is InChI=1S/C16H16N4O2/c1-10-13(16(21)22)9-17-15-8-14(18-20(10)15)11-4-6-12(7-5-11)19(2)3/h4-9H,1-3H3,(H,21,22). The summed E-state index contributed by atoms with van der Waals surface area (Å²) in [4.78, 5) is 17.4. The van der Waals surface area contributed by atoms with Crippen molar-refractivity contribution in [3.8, 4) is 11.3 Å². The zero-order valence-electron chi connectivity index (χ0n) is 12.6. The fourth-order valence-corrected chi connectivity index (χ4v) is 2.33. The Balaban J connectivity index is 2.08. The Bertz CT molecular complexity index is 850. The van der Waals surface area contributed by atoms with E-state index in [9.17, 15) is 4.79 Å². The van der Waals surface area contributed by atoms with Crippen LogP contribution in [0.2, 0.25) is 0 Å². The minimum absolute atomic E-state index is 0.158. The topological polar surface area (TPSA) is 70.7 Å². The number of hydrogen-bond acceptors (Lipinski definition) is 4. The molecule has 0 aliphatic carbocycles. The van der Waals surface area contributed by atoms with E-state index >= 15 is 0 Å². The van der Waals surface area contributed by atoms with E-state index in [1.54, 1.807) is 11.4 Å². The third kappa shape index (κ3) is 2.28. The Morgan fingerprint density at radius 2 is 1.91 bits per heavy atom. The number of benzene rings is 1. The van der Waals surface area contributed by atoms with Crippen molar-refractivity contribution >= 4 is 17.3 Å². The van der Waals surface area contributed by atoms with Crippen molar-refractivity contribution in [2.24, 2.45) is 0 Å². The van der Waals surface area contributed by atoms with E-state index in [2.05, 4.69) is 10.1 Å². The number of aromatic nitrogens is 3.